The highest BCUT2D eigenvalue weighted by molar-refractivity contribution is 6.62. The smallest absolute Gasteiger partial charge is 0.399 e. The van der Waals surface area contributed by atoms with Crippen LogP contribution in [0.25, 0.3) is 0 Å². The Hall–Kier alpha value is -1.15. The molecule has 0 spiro atoms. The quantitative estimate of drug-likeness (QED) is 0.598. The molecule has 8 heteroatoms. The molecule has 1 aliphatic rings. The average molecular weight is 336 g/mol. The minimum absolute atomic E-state index is 0.302. The van der Waals surface area contributed by atoms with E-state index in [9.17, 15) is 22.0 Å². The minimum atomic E-state index is -4.79. The number of rotatable bonds is 2. The Morgan fingerprint density at radius 3 is 1.78 bits per heavy atom. The molecule has 0 radical (unpaired) electrons. The molecule has 2 rings (SSSR count). The molecular formula is C15H18BF5O2. The number of alkyl halides is 5. The van der Waals surface area contributed by atoms with Crippen LogP contribution in [-0.2, 0) is 21.4 Å². The summed E-state index contributed by atoms with van der Waals surface area (Å²) in [5, 5.41) is 0. The van der Waals surface area contributed by atoms with E-state index in [-0.39, 0.29) is 5.46 Å². The Morgan fingerprint density at radius 1 is 0.913 bits per heavy atom. The van der Waals surface area contributed by atoms with Crippen molar-refractivity contribution in [3.05, 3.63) is 29.3 Å². The van der Waals surface area contributed by atoms with Crippen LogP contribution < -0.4 is 5.46 Å². The monoisotopic (exact) mass is 336 g/mol. The van der Waals surface area contributed by atoms with Gasteiger partial charge in [-0.1, -0.05) is 12.1 Å². The van der Waals surface area contributed by atoms with E-state index in [0.717, 1.165) is 12.1 Å². The van der Waals surface area contributed by atoms with Crippen LogP contribution in [-0.4, -0.2) is 18.3 Å². The lowest BCUT2D eigenvalue weighted by Crippen LogP contribution is -2.41. The molecule has 23 heavy (non-hydrogen) atoms. The van der Waals surface area contributed by atoms with Gasteiger partial charge in [-0.05, 0) is 39.2 Å². The van der Waals surface area contributed by atoms with E-state index in [2.05, 4.69) is 0 Å². The predicted molar refractivity (Wildman–Crippen MR) is 76.7 cm³/mol. The Bertz CT molecular complexity index is 589. The predicted octanol–water partition coefficient (Wildman–Crippen LogP) is 4.12. The average Bonchev–Trinajstić information content (AvgIpc) is 2.55. The number of hydrogen-bond acceptors (Lipinski definition) is 2. The van der Waals surface area contributed by atoms with E-state index in [1.165, 1.54) is 0 Å². The SMILES string of the molecule is CC(F)(F)c1ccc(B2OC(C)(C)C(C)(C)O2)c(C(F)(F)F)c1. The number of hydrogen-bond donors (Lipinski definition) is 0. The van der Waals surface area contributed by atoms with Crippen molar-refractivity contribution in [2.45, 2.75) is 57.9 Å². The van der Waals surface area contributed by atoms with Gasteiger partial charge in [0, 0.05) is 12.5 Å². The van der Waals surface area contributed by atoms with E-state index in [1.807, 2.05) is 0 Å². The van der Waals surface area contributed by atoms with Crippen LogP contribution in [0.5, 0.6) is 0 Å². The molecule has 0 bridgehead atoms. The maximum atomic E-state index is 13.3. The molecular weight excluding hydrogens is 318 g/mol. The van der Waals surface area contributed by atoms with Crippen LogP contribution in [0.15, 0.2) is 18.2 Å². The van der Waals surface area contributed by atoms with Crippen molar-refractivity contribution in [3.63, 3.8) is 0 Å². The fourth-order valence-corrected chi connectivity index (χ4v) is 2.25. The van der Waals surface area contributed by atoms with E-state index in [4.69, 9.17) is 9.31 Å². The lowest BCUT2D eigenvalue weighted by atomic mass is 9.75. The highest BCUT2D eigenvalue weighted by Gasteiger charge is 2.53. The zero-order valence-corrected chi connectivity index (χ0v) is 13.5. The first-order valence-corrected chi connectivity index (χ1v) is 7.10. The molecule has 0 aliphatic carbocycles. The van der Waals surface area contributed by atoms with Crippen LogP contribution in [0.4, 0.5) is 22.0 Å². The van der Waals surface area contributed by atoms with Crippen molar-refractivity contribution in [1.29, 1.82) is 0 Å². The van der Waals surface area contributed by atoms with Gasteiger partial charge in [0.2, 0.25) is 0 Å². The Labute approximate surface area is 132 Å². The highest BCUT2D eigenvalue weighted by Crippen LogP contribution is 2.39. The Morgan fingerprint density at radius 2 is 1.39 bits per heavy atom. The normalized spacial score (nSPS) is 20.9. The van der Waals surface area contributed by atoms with Gasteiger partial charge in [-0.25, -0.2) is 8.78 Å². The third-order valence-electron chi connectivity index (χ3n) is 4.37. The first-order chi connectivity index (χ1) is 10.2. The molecule has 1 aliphatic heterocycles. The van der Waals surface area contributed by atoms with Gasteiger partial charge in [0.1, 0.15) is 0 Å². The molecule has 0 amide bonds. The first-order valence-electron chi connectivity index (χ1n) is 7.10. The summed E-state index contributed by atoms with van der Waals surface area (Å²) in [5.41, 5.74) is -3.83. The molecule has 0 saturated carbocycles. The first kappa shape index (κ1) is 18.2. The van der Waals surface area contributed by atoms with Crippen LogP contribution >= 0.6 is 0 Å². The van der Waals surface area contributed by atoms with E-state index in [1.54, 1.807) is 27.7 Å². The topological polar surface area (TPSA) is 18.5 Å². The van der Waals surface area contributed by atoms with E-state index >= 15 is 0 Å². The lowest BCUT2D eigenvalue weighted by Gasteiger charge is -2.32. The molecule has 0 aromatic heterocycles. The van der Waals surface area contributed by atoms with Crippen molar-refractivity contribution in [2.75, 3.05) is 0 Å². The molecule has 0 atom stereocenters. The van der Waals surface area contributed by atoms with E-state index < -0.39 is 41.5 Å². The second kappa shape index (κ2) is 5.18. The maximum absolute atomic E-state index is 13.3. The number of halogens is 5. The minimum Gasteiger partial charge on any atom is -0.399 e. The summed E-state index contributed by atoms with van der Waals surface area (Å²) in [6.07, 6.45) is -4.79. The number of benzene rings is 1. The van der Waals surface area contributed by atoms with Gasteiger partial charge in [0.05, 0.1) is 16.8 Å². The third-order valence-corrected chi connectivity index (χ3v) is 4.37. The molecule has 0 N–H and O–H groups in total. The zero-order chi connectivity index (χ0) is 17.8. The fourth-order valence-electron chi connectivity index (χ4n) is 2.25. The molecule has 1 aromatic carbocycles. The molecule has 1 fully saturated rings. The Kier molecular flexibility index (Phi) is 4.10. The van der Waals surface area contributed by atoms with Crippen LogP contribution in [0.2, 0.25) is 0 Å². The lowest BCUT2D eigenvalue weighted by molar-refractivity contribution is -0.137. The summed E-state index contributed by atoms with van der Waals surface area (Å²) in [6.45, 7) is 7.37. The molecule has 0 unspecified atom stereocenters. The van der Waals surface area contributed by atoms with Gasteiger partial charge < -0.3 is 9.31 Å². The molecule has 1 heterocycles. The summed E-state index contributed by atoms with van der Waals surface area (Å²) < 4.78 is 77.8. The third kappa shape index (κ3) is 3.38. The summed E-state index contributed by atoms with van der Waals surface area (Å²) >= 11 is 0. The van der Waals surface area contributed by atoms with Crippen LogP contribution in [0.3, 0.4) is 0 Å². The largest absolute Gasteiger partial charge is 0.495 e. The van der Waals surface area contributed by atoms with Crippen LogP contribution in [0, 0.1) is 0 Å². The fraction of sp³-hybridized carbons (Fsp3) is 0.600. The van der Waals surface area contributed by atoms with Gasteiger partial charge in [0.25, 0.3) is 5.92 Å². The second-order valence-corrected chi connectivity index (χ2v) is 6.78. The standard InChI is InChI=1S/C15H18BF5O2/c1-12(2)13(3,4)23-16(22-12)11-7-6-9(14(5,17)18)8-10(11)15(19,20)21/h6-8H,1-5H3. The summed E-state index contributed by atoms with van der Waals surface area (Å²) in [7, 11) is -1.27. The van der Waals surface area contributed by atoms with Crippen molar-refractivity contribution < 1.29 is 31.3 Å². The second-order valence-electron chi connectivity index (χ2n) is 6.78. The molecule has 1 aromatic rings. The Balaban J connectivity index is 2.52. The summed E-state index contributed by atoms with van der Waals surface area (Å²) in [4.78, 5) is 0. The zero-order valence-electron chi connectivity index (χ0n) is 13.5. The van der Waals surface area contributed by atoms with E-state index in [0.29, 0.717) is 13.0 Å². The van der Waals surface area contributed by atoms with Crippen LogP contribution in [0.1, 0.15) is 45.7 Å². The van der Waals surface area contributed by atoms with Gasteiger partial charge in [-0.3, -0.25) is 0 Å². The molecule has 1 saturated heterocycles. The van der Waals surface area contributed by atoms with Gasteiger partial charge >= 0.3 is 13.3 Å². The highest BCUT2D eigenvalue weighted by atomic mass is 19.4. The van der Waals surface area contributed by atoms with Gasteiger partial charge in [-0.2, -0.15) is 13.2 Å². The van der Waals surface area contributed by atoms with Crippen molar-refractivity contribution >= 4 is 12.6 Å². The van der Waals surface area contributed by atoms with Crippen molar-refractivity contribution in [1.82, 2.24) is 0 Å². The van der Waals surface area contributed by atoms with Gasteiger partial charge in [-0.15, -0.1) is 0 Å². The van der Waals surface area contributed by atoms with Crippen molar-refractivity contribution in [2.24, 2.45) is 0 Å². The molecule has 128 valence electrons. The summed E-state index contributed by atoms with van der Waals surface area (Å²) in [5.74, 6) is -3.37. The summed E-state index contributed by atoms with van der Waals surface area (Å²) in [6, 6.07) is 2.42. The van der Waals surface area contributed by atoms with Gasteiger partial charge in [0.15, 0.2) is 0 Å². The maximum Gasteiger partial charge on any atom is 0.495 e. The van der Waals surface area contributed by atoms with Crippen molar-refractivity contribution in [3.8, 4) is 0 Å². The molecule has 2 nitrogen and oxygen atoms in total.